The Morgan fingerprint density at radius 1 is 1.40 bits per heavy atom. The summed E-state index contributed by atoms with van der Waals surface area (Å²) >= 11 is 5.89. The molecule has 0 N–H and O–H groups in total. The smallest absolute Gasteiger partial charge is 0.347 e. The highest BCUT2D eigenvalue weighted by atomic mass is 35.5. The van der Waals surface area contributed by atoms with Crippen molar-refractivity contribution in [2.75, 3.05) is 0 Å². The highest BCUT2D eigenvalue weighted by Crippen LogP contribution is 2.25. The predicted molar refractivity (Wildman–Crippen MR) is 92.7 cm³/mol. The Bertz CT molecular complexity index is 850. The molecular weight excluding hydrogens is 344 g/mol. The summed E-state index contributed by atoms with van der Waals surface area (Å²) in [5.74, 6) is 0.213. The average molecular weight is 365 g/mol. The number of halogens is 1. The van der Waals surface area contributed by atoms with Crippen LogP contribution < -0.4 is 5.69 Å². The first-order valence-corrected chi connectivity index (χ1v) is 8.65. The van der Waals surface area contributed by atoms with Crippen molar-refractivity contribution in [2.45, 2.75) is 58.2 Å². The van der Waals surface area contributed by atoms with Gasteiger partial charge in [0.05, 0.1) is 12.2 Å². The third kappa shape index (κ3) is 3.92. The summed E-state index contributed by atoms with van der Waals surface area (Å²) in [6.07, 6.45) is 2.02. The van der Waals surface area contributed by atoms with Crippen LogP contribution in [0.15, 0.2) is 23.0 Å². The molecule has 0 aromatic carbocycles. The van der Waals surface area contributed by atoms with Crippen LogP contribution in [0, 0.1) is 0 Å². The first-order valence-electron chi connectivity index (χ1n) is 8.27. The number of hydrogen-bond donors (Lipinski definition) is 0. The molecule has 0 radical (unpaired) electrons. The Labute approximate surface area is 150 Å². The van der Waals surface area contributed by atoms with Gasteiger partial charge >= 0.3 is 11.7 Å². The fraction of sp³-hybridized carbons (Fsp3) is 0.529. The highest BCUT2D eigenvalue weighted by molar-refractivity contribution is 6.29. The molecule has 25 heavy (non-hydrogen) atoms. The van der Waals surface area contributed by atoms with E-state index in [9.17, 15) is 9.59 Å². The van der Waals surface area contributed by atoms with Gasteiger partial charge in [0.15, 0.2) is 0 Å². The summed E-state index contributed by atoms with van der Waals surface area (Å²) in [7, 11) is 0. The van der Waals surface area contributed by atoms with Gasteiger partial charge in [-0.1, -0.05) is 17.7 Å². The maximum Gasteiger partial charge on any atom is 0.347 e. The lowest BCUT2D eigenvalue weighted by Gasteiger charge is -2.26. The van der Waals surface area contributed by atoms with Crippen molar-refractivity contribution in [3.05, 3.63) is 45.4 Å². The number of aryl methyl sites for hydroxylation is 1. The van der Waals surface area contributed by atoms with Crippen molar-refractivity contribution in [1.82, 2.24) is 19.3 Å². The minimum atomic E-state index is -0.628. The molecule has 3 heterocycles. The Hall–Kier alpha value is -2.15. The number of fused-ring (bicyclic) bond motifs is 1. The van der Waals surface area contributed by atoms with Crippen molar-refractivity contribution >= 4 is 17.6 Å². The molecule has 0 spiro atoms. The van der Waals surface area contributed by atoms with E-state index in [4.69, 9.17) is 16.3 Å². The lowest BCUT2D eigenvalue weighted by atomic mass is 10.0. The minimum absolute atomic E-state index is 0.209. The topological polar surface area (TPSA) is 79.0 Å². The van der Waals surface area contributed by atoms with Gasteiger partial charge < -0.3 is 4.74 Å². The molecule has 3 rings (SSSR count). The van der Waals surface area contributed by atoms with E-state index in [0.29, 0.717) is 29.5 Å². The summed E-state index contributed by atoms with van der Waals surface area (Å²) in [6.45, 7) is 5.64. The second-order valence-electron chi connectivity index (χ2n) is 7.12. The Morgan fingerprint density at radius 2 is 2.16 bits per heavy atom. The van der Waals surface area contributed by atoms with Gasteiger partial charge in [0.25, 0.3) is 0 Å². The molecule has 8 heteroatoms. The minimum Gasteiger partial charge on any atom is -0.458 e. The van der Waals surface area contributed by atoms with E-state index in [-0.39, 0.29) is 12.2 Å². The van der Waals surface area contributed by atoms with Crippen LogP contribution in [-0.4, -0.2) is 30.9 Å². The molecule has 134 valence electrons. The van der Waals surface area contributed by atoms with Gasteiger partial charge in [0.2, 0.25) is 0 Å². The van der Waals surface area contributed by atoms with Crippen LogP contribution in [0.2, 0.25) is 5.15 Å². The van der Waals surface area contributed by atoms with E-state index < -0.39 is 17.6 Å². The third-order valence-corrected chi connectivity index (χ3v) is 4.10. The van der Waals surface area contributed by atoms with Gasteiger partial charge in [0, 0.05) is 6.42 Å². The van der Waals surface area contributed by atoms with Crippen LogP contribution >= 0.6 is 11.6 Å². The maximum atomic E-state index is 12.8. The third-order valence-electron chi connectivity index (χ3n) is 3.89. The summed E-state index contributed by atoms with van der Waals surface area (Å²) in [5.41, 5.74) is -0.287. The zero-order chi connectivity index (χ0) is 18.2. The van der Waals surface area contributed by atoms with Crippen molar-refractivity contribution in [2.24, 2.45) is 0 Å². The SMILES string of the molecule is CC(C)(C)OC(=O)[C@@H]1CCCc2nn(Cc3cccc(Cl)n3)c(=O)n21. The molecule has 0 amide bonds. The maximum absolute atomic E-state index is 12.8. The van der Waals surface area contributed by atoms with E-state index in [1.807, 2.05) is 20.8 Å². The number of ether oxygens (including phenoxy) is 1. The molecule has 0 saturated carbocycles. The molecule has 0 bridgehead atoms. The summed E-state index contributed by atoms with van der Waals surface area (Å²) in [5, 5.41) is 4.74. The molecule has 7 nitrogen and oxygen atoms in total. The van der Waals surface area contributed by atoms with Gasteiger partial charge in [-0.2, -0.15) is 5.10 Å². The quantitative estimate of drug-likeness (QED) is 0.617. The highest BCUT2D eigenvalue weighted by Gasteiger charge is 2.33. The normalized spacial score (nSPS) is 17.2. The van der Waals surface area contributed by atoms with Crippen molar-refractivity contribution in [3.8, 4) is 0 Å². The molecule has 0 unspecified atom stereocenters. The standard InChI is InChI=1S/C17H21ClN4O3/c1-17(2,3)25-15(23)12-7-5-9-14-20-21(16(24)22(12)14)10-11-6-4-8-13(18)19-11/h4,6,8,12H,5,7,9-10H2,1-3H3/t12-/m0/s1. The lowest BCUT2D eigenvalue weighted by Crippen LogP contribution is -2.38. The number of carbonyl (C=O) groups excluding carboxylic acids is 1. The van der Waals surface area contributed by atoms with Crippen LogP contribution in [0.5, 0.6) is 0 Å². The van der Waals surface area contributed by atoms with E-state index >= 15 is 0 Å². The second-order valence-corrected chi connectivity index (χ2v) is 7.51. The first kappa shape index (κ1) is 17.7. The Morgan fingerprint density at radius 3 is 2.84 bits per heavy atom. The van der Waals surface area contributed by atoms with Gasteiger partial charge in [-0.05, 0) is 45.7 Å². The van der Waals surface area contributed by atoms with E-state index in [0.717, 1.165) is 6.42 Å². The zero-order valence-electron chi connectivity index (χ0n) is 14.5. The zero-order valence-corrected chi connectivity index (χ0v) is 15.3. The number of pyridine rings is 1. The number of aromatic nitrogens is 4. The molecule has 0 saturated heterocycles. The van der Waals surface area contributed by atoms with Gasteiger partial charge in [-0.3, -0.25) is 4.57 Å². The molecule has 0 aliphatic carbocycles. The fourth-order valence-electron chi connectivity index (χ4n) is 2.92. The number of rotatable bonds is 3. The molecule has 2 aromatic heterocycles. The van der Waals surface area contributed by atoms with E-state index in [1.165, 1.54) is 9.25 Å². The number of carbonyl (C=O) groups is 1. The summed E-state index contributed by atoms with van der Waals surface area (Å²) < 4.78 is 8.26. The number of hydrogen-bond acceptors (Lipinski definition) is 5. The molecular formula is C17H21ClN4O3. The molecule has 1 atom stereocenters. The summed E-state index contributed by atoms with van der Waals surface area (Å²) in [6, 6.07) is 4.60. The van der Waals surface area contributed by atoms with Crippen molar-refractivity contribution < 1.29 is 9.53 Å². The monoisotopic (exact) mass is 364 g/mol. The summed E-state index contributed by atoms with van der Waals surface area (Å²) in [4.78, 5) is 29.5. The lowest BCUT2D eigenvalue weighted by molar-refractivity contribution is -0.159. The van der Waals surface area contributed by atoms with Crippen LogP contribution in [-0.2, 0) is 22.5 Å². The van der Waals surface area contributed by atoms with Crippen LogP contribution in [0.3, 0.4) is 0 Å². The Kier molecular flexibility index (Phi) is 4.69. The van der Waals surface area contributed by atoms with Crippen molar-refractivity contribution in [1.29, 1.82) is 0 Å². The van der Waals surface area contributed by atoms with E-state index in [1.54, 1.807) is 18.2 Å². The van der Waals surface area contributed by atoms with Crippen LogP contribution in [0.1, 0.15) is 51.2 Å². The molecule has 2 aromatic rings. The predicted octanol–water partition coefficient (Wildman–Crippen LogP) is 2.36. The molecule has 0 fully saturated rings. The first-order chi connectivity index (χ1) is 11.7. The number of esters is 1. The molecule has 1 aliphatic rings. The van der Waals surface area contributed by atoms with Gasteiger partial charge in [-0.25, -0.2) is 19.3 Å². The average Bonchev–Trinajstić information content (AvgIpc) is 2.82. The number of nitrogens with zero attached hydrogens (tertiary/aromatic N) is 4. The fourth-order valence-corrected chi connectivity index (χ4v) is 3.10. The van der Waals surface area contributed by atoms with Gasteiger partial charge in [-0.15, -0.1) is 0 Å². The van der Waals surface area contributed by atoms with Crippen LogP contribution in [0.4, 0.5) is 0 Å². The largest absolute Gasteiger partial charge is 0.458 e. The van der Waals surface area contributed by atoms with Crippen LogP contribution in [0.25, 0.3) is 0 Å². The van der Waals surface area contributed by atoms with Crippen molar-refractivity contribution in [3.63, 3.8) is 0 Å². The Balaban J connectivity index is 1.91. The second kappa shape index (κ2) is 6.63. The molecule has 1 aliphatic heterocycles. The van der Waals surface area contributed by atoms with Gasteiger partial charge in [0.1, 0.15) is 22.6 Å². The van der Waals surface area contributed by atoms with E-state index in [2.05, 4.69) is 10.1 Å².